The average Bonchev–Trinajstić information content (AvgIpc) is 2.97. The number of carbonyl (C=O) groups excluding carboxylic acids is 1. The minimum Gasteiger partial charge on any atom is -0.355 e. The lowest BCUT2D eigenvalue weighted by Crippen LogP contribution is -2.28. The Morgan fingerprint density at radius 3 is 2.83 bits per heavy atom. The number of thioether (sulfide) groups is 1. The van der Waals surface area contributed by atoms with Gasteiger partial charge in [0, 0.05) is 23.9 Å². The van der Waals surface area contributed by atoms with E-state index in [0.717, 1.165) is 29.7 Å². The van der Waals surface area contributed by atoms with E-state index in [-0.39, 0.29) is 17.7 Å². The summed E-state index contributed by atoms with van der Waals surface area (Å²) in [6.45, 7) is 4.51. The Balaban J connectivity index is 1.75. The number of rotatable bonds is 7. The number of benzene rings is 1. The lowest BCUT2D eigenvalue weighted by Gasteiger charge is -2.10. The Bertz CT molecular complexity index is 675. The van der Waals surface area contributed by atoms with Gasteiger partial charge in [-0.2, -0.15) is 0 Å². The van der Waals surface area contributed by atoms with Gasteiger partial charge in [0.2, 0.25) is 5.91 Å². The van der Waals surface area contributed by atoms with Gasteiger partial charge in [-0.3, -0.25) is 4.79 Å². The summed E-state index contributed by atoms with van der Waals surface area (Å²) in [5.41, 5.74) is 0. The highest BCUT2D eigenvalue weighted by molar-refractivity contribution is 8.00. The van der Waals surface area contributed by atoms with Crippen LogP contribution in [0.15, 0.2) is 29.4 Å². The predicted molar refractivity (Wildman–Crippen MR) is 84.2 cm³/mol. The highest BCUT2D eigenvalue weighted by Crippen LogP contribution is 2.20. The summed E-state index contributed by atoms with van der Waals surface area (Å²) in [6.07, 6.45) is 2.25. The lowest BCUT2D eigenvalue weighted by atomic mass is 10.3. The van der Waals surface area contributed by atoms with Gasteiger partial charge in [-0.1, -0.05) is 0 Å². The van der Waals surface area contributed by atoms with Crippen LogP contribution in [0.5, 0.6) is 0 Å². The van der Waals surface area contributed by atoms with Gasteiger partial charge < -0.3 is 9.88 Å². The standard InChI is InChI=1S/C15H18F2N4OS/c1-10(2)21-9-19-20-14(21)5-6-18-15(22)8-23-11-3-4-12(16)13(17)7-11/h3-4,7,9-10H,5-6,8H2,1-2H3,(H,18,22). The van der Waals surface area contributed by atoms with Crippen molar-refractivity contribution in [2.24, 2.45) is 0 Å². The van der Waals surface area contributed by atoms with E-state index in [1.165, 1.54) is 6.07 Å². The predicted octanol–water partition coefficient (Wildman–Crippen LogP) is 2.59. The topological polar surface area (TPSA) is 59.8 Å². The first-order valence-electron chi connectivity index (χ1n) is 7.20. The molecular formula is C15H18F2N4OS. The molecule has 124 valence electrons. The summed E-state index contributed by atoms with van der Waals surface area (Å²) in [5, 5.41) is 10.7. The highest BCUT2D eigenvalue weighted by atomic mass is 32.2. The zero-order chi connectivity index (χ0) is 16.8. The first-order chi connectivity index (χ1) is 11.0. The maximum absolute atomic E-state index is 13.1. The van der Waals surface area contributed by atoms with E-state index in [4.69, 9.17) is 0 Å². The van der Waals surface area contributed by atoms with Crippen LogP contribution >= 0.6 is 11.8 Å². The Hall–Kier alpha value is -1.96. The fourth-order valence-corrected chi connectivity index (χ4v) is 2.71. The molecule has 0 bridgehead atoms. The van der Waals surface area contributed by atoms with E-state index in [9.17, 15) is 13.6 Å². The van der Waals surface area contributed by atoms with Gasteiger partial charge in [-0.25, -0.2) is 8.78 Å². The number of carbonyl (C=O) groups is 1. The summed E-state index contributed by atoms with van der Waals surface area (Å²) < 4.78 is 27.8. The van der Waals surface area contributed by atoms with E-state index in [1.807, 2.05) is 18.4 Å². The van der Waals surface area contributed by atoms with Gasteiger partial charge >= 0.3 is 0 Å². The van der Waals surface area contributed by atoms with Crippen molar-refractivity contribution < 1.29 is 13.6 Å². The van der Waals surface area contributed by atoms with Crippen LogP contribution in [0.1, 0.15) is 25.7 Å². The first-order valence-corrected chi connectivity index (χ1v) is 8.19. The molecule has 8 heteroatoms. The smallest absolute Gasteiger partial charge is 0.230 e. The minimum absolute atomic E-state index is 0.141. The van der Waals surface area contributed by atoms with Gasteiger partial charge in [0.1, 0.15) is 12.2 Å². The number of halogens is 2. The third kappa shape index (κ3) is 5.02. The first kappa shape index (κ1) is 17.4. The number of hydrogen-bond donors (Lipinski definition) is 1. The van der Waals surface area contributed by atoms with Gasteiger partial charge in [-0.05, 0) is 32.0 Å². The molecule has 0 aliphatic heterocycles. The average molecular weight is 340 g/mol. The molecule has 0 unspecified atom stereocenters. The van der Waals surface area contributed by atoms with Crippen LogP contribution < -0.4 is 5.32 Å². The van der Waals surface area contributed by atoms with Crippen molar-refractivity contribution in [2.45, 2.75) is 31.2 Å². The van der Waals surface area contributed by atoms with Crippen molar-refractivity contribution in [1.29, 1.82) is 0 Å². The van der Waals surface area contributed by atoms with Crippen LogP contribution in [-0.2, 0) is 11.2 Å². The summed E-state index contributed by atoms with van der Waals surface area (Å²) in [7, 11) is 0. The normalized spacial score (nSPS) is 11.0. The molecular weight excluding hydrogens is 322 g/mol. The van der Waals surface area contributed by atoms with Crippen LogP contribution in [0, 0.1) is 11.6 Å². The molecule has 0 fully saturated rings. The number of aromatic nitrogens is 3. The Labute approximate surface area is 137 Å². The monoisotopic (exact) mass is 340 g/mol. The zero-order valence-corrected chi connectivity index (χ0v) is 13.7. The Kier molecular flexibility index (Phi) is 6.09. The van der Waals surface area contributed by atoms with Crippen molar-refractivity contribution in [3.8, 4) is 0 Å². The fourth-order valence-electron chi connectivity index (χ4n) is 1.96. The van der Waals surface area contributed by atoms with Crippen LogP contribution in [0.25, 0.3) is 0 Å². The molecule has 1 aromatic heterocycles. The van der Waals surface area contributed by atoms with Crippen molar-refractivity contribution in [3.05, 3.63) is 42.0 Å². The van der Waals surface area contributed by atoms with E-state index in [2.05, 4.69) is 15.5 Å². The highest BCUT2D eigenvalue weighted by Gasteiger charge is 2.09. The maximum atomic E-state index is 13.1. The van der Waals surface area contributed by atoms with Crippen LogP contribution in [0.2, 0.25) is 0 Å². The van der Waals surface area contributed by atoms with E-state index >= 15 is 0 Å². The second kappa shape index (κ2) is 8.05. The van der Waals surface area contributed by atoms with Gasteiger partial charge in [0.25, 0.3) is 0 Å². The Morgan fingerprint density at radius 2 is 2.13 bits per heavy atom. The Morgan fingerprint density at radius 1 is 1.35 bits per heavy atom. The molecule has 5 nitrogen and oxygen atoms in total. The van der Waals surface area contributed by atoms with Gasteiger partial charge in [0.15, 0.2) is 11.6 Å². The largest absolute Gasteiger partial charge is 0.355 e. The number of nitrogens with zero attached hydrogens (tertiary/aromatic N) is 3. The molecule has 2 aromatic rings. The molecule has 1 aromatic carbocycles. The van der Waals surface area contributed by atoms with Crippen LogP contribution in [-0.4, -0.2) is 33.0 Å². The second-order valence-corrected chi connectivity index (χ2v) is 6.26. The van der Waals surface area contributed by atoms with Crippen molar-refractivity contribution >= 4 is 17.7 Å². The molecule has 0 saturated carbocycles. The van der Waals surface area contributed by atoms with Gasteiger partial charge in [0.05, 0.1) is 5.75 Å². The molecule has 2 rings (SSSR count). The van der Waals surface area contributed by atoms with E-state index < -0.39 is 11.6 Å². The molecule has 0 spiro atoms. The summed E-state index contributed by atoms with van der Waals surface area (Å²) in [5.74, 6) is -1.03. The molecule has 0 saturated heterocycles. The number of amides is 1. The molecule has 0 atom stereocenters. The molecule has 0 radical (unpaired) electrons. The quantitative estimate of drug-likeness (QED) is 0.787. The van der Waals surface area contributed by atoms with Crippen LogP contribution in [0.3, 0.4) is 0 Å². The molecule has 0 aliphatic carbocycles. The fraction of sp³-hybridized carbons (Fsp3) is 0.400. The van der Waals surface area contributed by atoms with Crippen molar-refractivity contribution in [2.75, 3.05) is 12.3 Å². The molecule has 1 heterocycles. The summed E-state index contributed by atoms with van der Waals surface area (Å²) in [6, 6.07) is 3.84. The van der Waals surface area contributed by atoms with Gasteiger partial charge in [-0.15, -0.1) is 22.0 Å². The SMILES string of the molecule is CC(C)n1cnnc1CCNC(=O)CSc1ccc(F)c(F)c1. The third-order valence-corrected chi connectivity index (χ3v) is 4.13. The van der Waals surface area contributed by atoms with E-state index in [0.29, 0.717) is 17.9 Å². The summed E-state index contributed by atoms with van der Waals surface area (Å²) in [4.78, 5) is 12.3. The minimum atomic E-state index is -0.913. The summed E-state index contributed by atoms with van der Waals surface area (Å²) >= 11 is 1.16. The maximum Gasteiger partial charge on any atom is 0.230 e. The lowest BCUT2D eigenvalue weighted by molar-refractivity contribution is -0.118. The molecule has 0 aliphatic rings. The molecule has 1 N–H and O–H groups in total. The second-order valence-electron chi connectivity index (χ2n) is 5.21. The third-order valence-electron chi connectivity index (χ3n) is 3.14. The molecule has 1 amide bonds. The van der Waals surface area contributed by atoms with Crippen molar-refractivity contribution in [1.82, 2.24) is 20.1 Å². The van der Waals surface area contributed by atoms with Crippen molar-refractivity contribution in [3.63, 3.8) is 0 Å². The number of nitrogens with one attached hydrogen (secondary N) is 1. The number of hydrogen-bond acceptors (Lipinski definition) is 4. The molecule has 23 heavy (non-hydrogen) atoms. The van der Waals surface area contributed by atoms with E-state index in [1.54, 1.807) is 6.33 Å². The zero-order valence-electron chi connectivity index (χ0n) is 12.9. The van der Waals surface area contributed by atoms with Crippen LogP contribution in [0.4, 0.5) is 8.78 Å².